The number of aryl methyl sites for hydroxylation is 1. The molecule has 0 bridgehead atoms. The number of benzene rings is 2. The number of anilines is 1. The molecule has 1 aromatic heterocycles. The maximum atomic E-state index is 12.2. The van der Waals surface area contributed by atoms with E-state index >= 15 is 0 Å². The molecule has 0 fully saturated rings. The lowest BCUT2D eigenvalue weighted by molar-refractivity contribution is 0.0945. The molecule has 5 heteroatoms. The van der Waals surface area contributed by atoms with Crippen molar-refractivity contribution in [1.82, 2.24) is 15.5 Å². The SMILES string of the molecule is Cc1cccc(CNC(=O)c2ccc(NCc3ccccc3)nn2)c1. The lowest BCUT2D eigenvalue weighted by atomic mass is 10.1. The third-order valence-corrected chi connectivity index (χ3v) is 3.75. The van der Waals surface area contributed by atoms with Crippen molar-refractivity contribution in [3.05, 3.63) is 89.1 Å². The van der Waals surface area contributed by atoms with E-state index in [0.717, 1.165) is 11.1 Å². The monoisotopic (exact) mass is 332 g/mol. The average Bonchev–Trinajstić information content (AvgIpc) is 2.66. The van der Waals surface area contributed by atoms with Crippen molar-refractivity contribution in [2.45, 2.75) is 20.0 Å². The van der Waals surface area contributed by atoms with Crippen LogP contribution in [0.2, 0.25) is 0 Å². The van der Waals surface area contributed by atoms with E-state index in [1.165, 1.54) is 5.56 Å². The molecule has 1 heterocycles. The van der Waals surface area contributed by atoms with Gasteiger partial charge >= 0.3 is 0 Å². The summed E-state index contributed by atoms with van der Waals surface area (Å²) < 4.78 is 0. The maximum absolute atomic E-state index is 12.2. The van der Waals surface area contributed by atoms with Gasteiger partial charge in [-0.05, 0) is 30.2 Å². The fraction of sp³-hybridized carbons (Fsp3) is 0.150. The molecular formula is C20H20N4O. The predicted octanol–water partition coefficient (Wildman–Crippen LogP) is 3.33. The molecule has 0 unspecified atom stereocenters. The van der Waals surface area contributed by atoms with Gasteiger partial charge in [0.05, 0.1) is 0 Å². The molecule has 1 amide bonds. The Hall–Kier alpha value is -3.21. The lowest BCUT2D eigenvalue weighted by Gasteiger charge is -2.07. The zero-order valence-corrected chi connectivity index (χ0v) is 14.1. The Kier molecular flexibility index (Phi) is 5.36. The molecular weight excluding hydrogens is 312 g/mol. The summed E-state index contributed by atoms with van der Waals surface area (Å²) >= 11 is 0. The molecule has 0 aliphatic heterocycles. The maximum Gasteiger partial charge on any atom is 0.272 e. The van der Waals surface area contributed by atoms with Crippen molar-refractivity contribution in [3.8, 4) is 0 Å². The van der Waals surface area contributed by atoms with Gasteiger partial charge in [0.1, 0.15) is 5.82 Å². The van der Waals surface area contributed by atoms with Gasteiger partial charge in [0.25, 0.3) is 5.91 Å². The quantitative estimate of drug-likeness (QED) is 0.726. The average molecular weight is 332 g/mol. The van der Waals surface area contributed by atoms with Crippen LogP contribution < -0.4 is 10.6 Å². The molecule has 3 rings (SSSR count). The van der Waals surface area contributed by atoms with E-state index < -0.39 is 0 Å². The van der Waals surface area contributed by atoms with E-state index in [2.05, 4.69) is 20.8 Å². The van der Waals surface area contributed by atoms with Crippen LogP contribution in [0.25, 0.3) is 0 Å². The van der Waals surface area contributed by atoms with Gasteiger partial charge in [-0.1, -0.05) is 60.2 Å². The van der Waals surface area contributed by atoms with Gasteiger partial charge < -0.3 is 10.6 Å². The van der Waals surface area contributed by atoms with Crippen LogP contribution in [0.5, 0.6) is 0 Å². The van der Waals surface area contributed by atoms with Crippen LogP contribution in [-0.2, 0) is 13.1 Å². The highest BCUT2D eigenvalue weighted by atomic mass is 16.1. The smallest absolute Gasteiger partial charge is 0.272 e. The number of amides is 1. The second-order valence-corrected chi connectivity index (χ2v) is 5.81. The number of nitrogens with zero attached hydrogens (tertiary/aromatic N) is 2. The third-order valence-electron chi connectivity index (χ3n) is 3.75. The van der Waals surface area contributed by atoms with Crippen molar-refractivity contribution < 1.29 is 4.79 Å². The number of rotatable bonds is 6. The van der Waals surface area contributed by atoms with Gasteiger partial charge in [-0.2, -0.15) is 0 Å². The first-order chi connectivity index (χ1) is 12.2. The van der Waals surface area contributed by atoms with Crippen LogP contribution >= 0.6 is 0 Å². The van der Waals surface area contributed by atoms with Crippen molar-refractivity contribution in [2.24, 2.45) is 0 Å². The Morgan fingerprint density at radius 1 is 0.880 bits per heavy atom. The highest BCUT2D eigenvalue weighted by Gasteiger charge is 2.08. The molecule has 5 nitrogen and oxygen atoms in total. The zero-order chi connectivity index (χ0) is 17.5. The second-order valence-electron chi connectivity index (χ2n) is 5.81. The molecule has 0 aliphatic carbocycles. The molecule has 0 saturated carbocycles. The summed E-state index contributed by atoms with van der Waals surface area (Å²) in [6, 6.07) is 21.5. The normalized spacial score (nSPS) is 10.3. The molecule has 0 radical (unpaired) electrons. The van der Waals surface area contributed by atoms with E-state index in [9.17, 15) is 4.79 Å². The summed E-state index contributed by atoms with van der Waals surface area (Å²) in [5.41, 5.74) is 3.69. The number of carbonyl (C=O) groups is 1. The van der Waals surface area contributed by atoms with E-state index in [1.807, 2.05) is 61.5 Å². The first kappa shape index (κ1) is 16.6. The molecule has 126 valence electrons. The number of aromatic nitrogens is 2. The molecule has 0 atom stereocenters. The minimum Gasteiger partial charge on any atom is -0.365 e. The van der Waals surface area contributed by atoms with E-state index in [0.29, 0.717) is 24.6 Å². The fourth-order valence-corrected chi connectivity index (χ4v) is 2.43. The van der Waals surface area contributed by atoms with Crippen molar-refractivity contribution >= 4 is 11.7 Å². The highest BCUT2D eigenvalue weighted by molar-refractivity contribution is 5.92. The number of hydrogen-bond acceptors (Lipinski definition) is 4. The molecule has 0 saturated heterocycles. The molecule has 0 aliphatic rings. The van der Waals surface area contributed by atoms with Gasteiger partial charge in [0.15, 0.2) is 5.69 Å². The van der Waals surface area contributed by atoms with E-state index in [4.69, 9.17) is 0 Å². The first-order valence-electron chi connectivity index (χ1n) is 8.16. The summed E-state index contributed by atoms with van der Waals surface area (Å²) in [7, 11) is 0. The van der Waals surface area contributed by atoms with Gasteiger partial charge in [-0.15, -0.1) is 10.2 Å². The summed E-state index contributed by atoms with van der Waals surface area (Å²) in [5.74, 6) is 0.405. The van der Waals surface area contributed by atoms with Crippen LogP contribution in [0.1, 0.15) is 27.2 Å². The third kappa shape index (κ3) is 4.88. The largest absolute Gasteiger partial charge is 0.365 e. The highest BCUT2D eigenvalue weighted by Crippen LogP contribution is 2.07. The topological polar surface area (TPSA) is 66.9 Å². The van der Waals surface area contributed by atoms with Gasteiger partial charge in [-0.25, -0.2) is 0 Å². The summed E-state index contributed by atoms with van der Waals surface area (Å²) in [5, 5.41) is 14.1. The molecule has 0 spiro atoms. The number of carbonyl (C=O) groups excluding carboxylic acids is 1. The summed E-state index contributed by atoms with van der Waals surface area (Å²) in [6.45, 7) is 3.16. The lowest BCUT2D eigenvalue weighted by Crippen LogP contribution is -2.24. The molecule has 2 N–H and O–H groups in total. The van der Waals surface area contributed by atoms with Crippen LogP contribution in [0, 0.1) is 6.92 Å². The molecule has 3 aromatic rings. The van der Waals surface area contributed by atoms with Crippen LogP contribution in [-0.4, -0.2) is 16.1 Å². The zero-order valence-electron chi connectivity index (χ0n) is 14.1. The van der Waals surface area contributed by atoms with E-state index in [-0.39, 0.29) is 5.91 Å². The number of nitrogens with one attached hydrogen (secondary N) is 2. The van der Waals surface area contributed by atoms with Crippen molar-refractivity contribution in [2.75, 3.05) is 5.32 Å². The fourth-order valence-electron chi connectivity index (χ4n) is 2.43. The first-order valence-corrected chi connectivity index (χ1v) is 8.16. The minimum absolute atomic E-state index is 0.233. The van der Waals surface area contributed by atoms with Gasteiger partial charge in [0, 0.05) is 13.1 Å². The second kappa shape index (κ2) is 8.06. The van der Waals surface area contributed by atoms with Crippen molar-refractivity contribution in [1.29, 1.82) is 0 Å². The van der Waals surface area contributed by atoms with Crippen LogP contribution in [0.15, 0.2) is 66.7 Å². The van der Waals surface area contributed by atoms with Crippen LogP contribution in [0.3, 0.4) is 0 Å². The summed E-state index contributed by atoms with van der Waals surface area (Å²) in [4.78, 5) is 12.2. The standard InChI is InChI=1S/C20H20N4O/c1-15-6-5-9-17(12-15)14-22-20(25)18-10-11-19(24-23-18)21-13-16-7-3-2-4-8-16/h2-12H,13-14H2,1H3,(H,21,24)(H,22,25). The van der Waals surface area contributed by atoms with Gasteiger partial charge in [-0.3, -0.25) is 4.79 Å². The van der Waals surface area contributed by atoms with Gasteiger partial charge in [0.2, 0.25) is 0 Å². The predicted molar refractivity (Wildman–Crippen MR) is 98.1 cm³/mol. The minimum atomic E-state index is -0.233. The molecule has 2 aromatic carbocycles. The van der Waals surface area contributed by atoms with Crippen molar-refractivity contribution in [3.63, 3.8) is 0 Å². The Morgan fingerprint density at radius 2 is 1.68 bits per heavy atom. The Bertz CT molecular complexity index is 832. The molecule has 25 heavy (non-hydrogen) atoms. The summed E-state index contributed by atoms with van der Waals surface area (Å²) in [6.07, 6.45) is 0. The van der Waals surface area contributed by atoms with Crippen LogP contribution in [0.4, 0.5) is 5.82 Å². The van der Waals surface area contributed by atoms with E-state index in [1.54, 1.807) is 12.1 Å². The Labute approximate surface area is 147 Å². The Morgan fingerprint density at radius 3 is 2.40 bits per heavy atom. The Balaban J connectivity index is 1.53. The number of hydrogen-bond donors (Lipinski definition) is 2.